The van der Waals surface area contributed by atoms with Crippen LogP contribution in [0.4, 0.5) is 20.2 Å². The first-order valence-corrected chi connectivity index (χ1v) is 10.1. The minimum atomic E-state index is -0.536. The zero-order chi connectivity index (χ0) is 22.0. The van der Waals surface area contributed by atoms with Crippen molar-refractivity contribution in [2.75, 3.05) is 5.32 Å². The number of aromatic nitrogens is 4. The number of benzene rings is 1. The molecule has 6 nitrogen and oxygen atoms in total. The number of nitrogens with one attached hydrogen (secondary N) is 1. The average Bonchev–Trinajstić information content (AvgIpc) is 3.15. The molecule has 0 aliphatic rings. The third-order valence-electron chi connectivity index (χ3n) is 5.04. The van der Waals surface area contributed by atoms with Crippen LogP contribution in [0.15, 0.2) is 48.9 Å². The molecule has 0 saturated carbocycles. The summed E-state index contributed by atoms with van der Waals surface area (Å²) in [5, 5.41) is 17.4. The standard InChI is InChI=1S/C23H23F2N5O/c1-14-12-27-21(17-10-16(24)5-6-18(17)25)11-20(14)28-19-7-8-26-22-13-30(29-23(19)22)9-3-4-15(2)31/h5-8,10-13,15,31H,3-4,9H2,1-2H3,(H,27,28). The third-order valence-corrected chi connectivity index (χ3v) is 5.04. The van der Waals surface area contributed by atoms with Crippen molar-refractivity contribution in [3.8, 4) is 11.3 Å². The van der Waals surface area contributed by atoms with E-state index in [0.29, 0.717) is 29.9 Å². The lowest BCUT2D eigenvalue weighted by Crippen LogP contribution is -2.04. The van der Waals surface area contributed by atoms with Crippen LogP contribution < -0.4 is 5.32 Å². The van der Waals surface area contributed by atoms with E-state index in [9.17, 15) is 13.9 Å². The van der Waals surface area contributed by atoms with Gasteiger partial charge >= 0.3 is 0 Å². The normalized spacial score (nSPS) is 12.3. The summed E-state index contributed by atoms with van der Waals surface area (Å²) in [7, 11) is 0. The van der Waals surface area contributed by atoms with E-state index in [1.54, 1.807) is 25.4 Å². The fourth-order valence-corrected chi connectivity index (χ4v) is 3.38. The zero-order valence-corrected chi connectivity index (χ0v) is 17.3. The van der Waals surface area contributed by atoms with E-state index >= 15 is 0 Å². The van der Waals surface area contributed by atoms with E-state index in [4.69, 9.17) is 0 Å². The van der Waals surface area contributed by atoms with Gasteiger partial charge in [0.15, 0.2) is 0 Å². The zero-order valence-electron chi connectivity index (χ0n) is 17.3. The van der Waals surface area contributed by atoms with Gasteiger partial charge in [0.1, 0.15) is 22.7 Å². The van der Waals surface area contributed by atoms with Crippen molar-refractivity contribution in [3.63, 3.8) is 0 Å². The third kappa shape index (κ3) is 4.69. The van der Waals surface area contributed by atoms with Gasteiger partial charge in [-0.05, 0) is 62.6 Å². The average molecular weight is 423 g/mol. The molecule has 31 heavy (non-hydrogen) atoms. The van der Waals surface area contributed by atoms with Crippen LogP contribution in [0, 0.1) is 18.6 Å². The summed E-state index contributed by atoms with van der Waals surface area (Å²) in [6.07, 6.45) is 6.35. The number of nitrogens with zero attached hydrogens (tertiary/aromatic N) is 4. The molecular weight excluding hydrogens is 400 g/mol. The Labute approximate surface area is 178 Å². The van der Waals surface area contributed by atoms with Crippen LogP contribution in [0.2, 0.25) is 0 Å². The lowest BCUT2D eigenvalue weighted by Gasteiger charge is -2.12. The smallest absolute Gasteiger partial charge is 0.134 e. The van der Waals surface area contributed by atoms with Crippen LogP contribution in [0.3, 0.4) is 0 Å². The number of halogens is 2. The van der Waals surface area contributed by atoms with Crippen LogP contribution in [0.1, 0.15) is 25.3 Å². The lowest BCUT2D eigenvalue weighted by atomic mass is 10.1. The molecule has 8 heteroatoms. The molecule has 0 aliphatic heterocycles. The maximum Gasteiger partial charge on any atom is 0.134 e. The van der Waals surface area contributed by atoms with Crippen molar-refractivity contribution in [1.29, 1.82) is 0 Å². The predicted molar refractivity (Wildman–Crippen MR) is 116 cm³/mol. The molecule has 1 unspecified atom stereocenters. The van der Waals surface area contributed by atoms with E-state index in [-0.39, 0.29) is 11.7 Å². The molecule has 4 rings (SSSR count). The molecule has 1 atom stereocenters. The second kappa shape index (κ2) is 8.77. The quantitative estimate of drug-likeness (QED) is 0.438. The van der Waals surface area contributed by atoms with Gasteiger partial charge in [0.25, 0.3) is 0 Å². The van der Waals surface area contributed by atoms with E-state index < -0.39 is 11.6 Å². The first-order valence-electron chi connectivity index (χ1n) is 10.1. The molecule has 4 aromatic rings. The monoisotopic (exact) mass is 423 g/mol. The Morgan fingerprint density at radius 2 is 1.97 bits per heavy atom. The topological polar surface area (TPSA) is 75.9 Å². The van der Waals surface area contributed by atoms with Crippen LogP contribution in [0.5, 0.6) is 0 Å². The van der Waals surface area contributed by atoms with Crippen LogP contribution in [0.25, 0.3) is 22.3 Å². The highest BCUT2D eigenvalue weighted by molar-refractivity contribution is 5.89. The van der Waals surface area contributed by atoms with E-state index in [0.717, 1.165) is 41.4 Å². The number of aliphatic hydroxyl groups excluding tert-OH is 1. The minimum absolute atomic E-state index is 0.102. The van der Waals surface area contributed by atoms with Crippen molar-refractivity contribution in [3.05, 3.63) is 66.1 Å². The summed E-state index contributed by atoms with van der Waals surface area (Å²) in [5.41, 5.74) is 4.19. The molecule has 0 fully saturated rings. The molecule has 0 bridgehead atoms. The second-order valence-corrected chi connectivity index (χ2v) is 7.61. The molecule has 3 heterocycles. The fourth-order valence-electron chi connectivity index (χ4n) is 3.38. The first-order chi connectivity index (χ1) is 14.9. The van der Waals surface area contributed by atoms with Crippen molar-refractivity contribution >= 4 is 22.4 Å². The van der Waals surface area contributed by atoms with Crippen molar-refractivity contribution in [2.45, 2.75) is 39.3 Å². The number of fused-ring (bicyclic) bond motifs is 1. The van der Waals surface area contributed by atoms with Crippen LogP contribution in [-0.2, 0) is 6.54 Å². The minimum Gasteiger partial charge on any atom is -0.393 e. The Morgan fingerprint density at radius 3 is 2.77 bits per heavy atom. The Bertz CT molecular complexity index is 1220. The maximum absolute atomic E-state index is 14.2. The lowest BCUT2D eigenvalue weighted by molar-refractivity contribution is 0.179. The van der Waals surface area contributed by atoms with Crippen molar-refractivity contribution in [1.82, 2.24) is 19.7 Å². The van der Waals surface area contributed by atoms with Crippen molar-refractivity contribution < 1.29 is 13.9 Å². The Kier molecular flexibility index (Phi) is 5.90. The van der Waals surface area contributed by atoms with Gasteiger partial charge < -0.3 is 10.4 Å². The summed E-state index contributed by atoms with van der Waals surface area (Å²) in [4.78, 5) is 8.65. The molecule has 0 saturated heterocycles. The fraction of sp³-hybridized carbons (Fsp3) is 0.261. The summed E-state index contributed by atoms with van der Waals surface area (Å²) < 4.78 is 29.7. The van der Waals surface area contributed by atoms with Gasteiger partial charge in [-0.2, -0.15) is 5.10 Å². The molecule has 2 N–H and O–H groups in total. The molecule has 3 aromatic heterocycles. The highest BCUT2D eigenvalue weighted by Gasteiger charge is 2.13. The SMILES string of the molecule is Cc1cnc(-c2cc(F)ccc2F)cc1Nc1ccnc2cn(CCCC(C)O)nc12. The Morgan fingerprint density at radius 1 is 1.13 bits per heavy atom. The molecule has 0 spiro atoms. The van der Waals surface area contributed by atoms with Gasteiger partial charge in [-0.3, -0.25) is 14.6 Å². The Hall–Kier alpha value is -3.39. The van der Waals surface area contributed by atoms with E-state index in [2.05, 4.69) is 20.4 Å². The number of rotatable bonds is 7. The molecule has 0 amide bonds. The Balaban J connectivity index is 1.64. The number of hydrogen-bond acceptors (Lipinski definition) is 5. The van der Waals surface area contributed by atoms with Gasteiger partial charge in [-0.25, -0.2) is 8.78 Å². The molecular formula is C23H23F2N5O. The van der Waals surface area contributed by atoms with E-state index in [1.165, 1.54) is 0 Å². The molecule has 0 aliphatic carbocycles. The number of anilines is 2. The van der Waals surface area contributed by atoms with Crippen LogP contribution in [-0.4, -0.2) is 31.0 Å². The van der Waals surface area contributed by atoms with E-state index in [1.807, 2.05) is 23.9 Å². The van der Waals surface area contributed by atoms with Crippen molar-refractivity contribution in [2.24, 2.45) is 0 Å². The summed E-state index contributed by atoms with van der Waals surface area (Å²) in [6, 6.07) is 6.82. The highest BCUT2D eigenvalue weighted by atomic mass is 19.1. The summed E-state index contributed by atoms with van der Waals surface area (Å²) in [5.74, 6) is -1.06. The van der Waals surface area contributed by atoms with Gasteiger partial charge in [-0.15, -0.1) is 0 Å². The number of aryl methyl sites for hydroxylation is 2. The molecule has 160 valence electrons. The predicted octanol–water partition coefficient (Wildman–Crippen LogP) is 4.98. The summed E-state index contributed by atoms with van der Waals surface area (Å²) >= 11 is 0. The van der Waals surface area contributed by atoms with Gasteiger partial charge in [0, 0.05) is 30.2 Å². The highest BCUT2D eigenvalue weighted by Crippen LogP contribution is 2.30. The first kappa shape index (κ1) is 20.9. The number of hydrogen-bond donors (Lipinski definition) is 2. The van der Waals surface area contributed by atoms with Gasteiger partial charge in [-0.1, -0.05) is 0 Å². The summed E-state index contributed by atoms with van der Waals surface area (Å²) in [6.45, 7) is 4.33. The second-order valence-electron chi connectivity index (χ2n) is 7.61. The molecule has 1 aromatic carbocycles. The largest absolute Gasteiger partial charge is 0.393 e. The molecule has 0 radical (unpaired) electrons. The van der Waals surface area contributed by atoms with Gasteiger partial charge in [0.05, 0.1) is 23.7 Å². The van der Waals surface area contributed by atoms with Gasteiger partial charge in [0.2, 0.25) is 0 Å². The number of pyridine rings is 2. The van der Waals surface area contributed by atoms with Crippen LogP contribution >= 0.6 is 0 Å². The maximum atomic E-state index is 14.2. The number of aliphatic hydroxyl groups is 1.